The number of aliphatic hydroxyl groups is 1. The lowest BCUT2D eigenvalue weighted by Gasteiger charge is -2.21. The van der Waals surface area contributed by atoms with Gasteiger partial charge in [0.25, 0.3) is 0 Å². The van der Waals surface area contributed by atoms with Crippen molar-refractivity contribution in [3.8, 4) is 0 Å². The average Bonchev–Trinajstić information content (AvgIpc) is 0.928. The van der Waals surface area contributed by atoms with Gasteiger partial charge >= 0.3 is 39.5 Å². The van der Waals surface area contributed by atoms with Crippen LogP contribution in [0, 0.1) is 0 Å². The fraction of sp³-hybridized carbons (Fsp3) is 0.770. The minimum atomic E-state index is -4.98. The molecular formula is C87H154O17P2. The van der Waals surface area contributed by atoms with Crippen LogP contribution in [-0.4, -0.2) is 96.7 Å². The predicted octanol–water partition coefficient (Wildman–Crippen LogP) is 25.1. The molecule has 0 bridgehead atoms. The molecule has 19 heteroatoms. The van der Waals surface area contributed by atoms with E-state index >= 15 is 0 Å². The van der Waals surface area contributed by atoms with Gasteiger partial charge in [0.2, 0.25) is 0 Å². The summed E-state index contributed by atoms with van der Waals surface area (Å²) in [7, 11) is -9.97. The molecule has 0 heterocycles. The Kier molecular flexibility index (Phi) is 76.1. The van der Waals surface area contributed by atoms with Crippen LogP contribution in [0.25, 0.3) is 0 Å². The summed E-state index contributed by atoms with van der Waals surface area (Å²) in [5.74, 6) is -2.19. The quantitative estimate of drug-likeness (QED) is 0.0169. The molecule has 106 heavy (non-hydrogen) atoms. The van der Waals surface area contributed by atoms with Crippen LogP contribution >= 0.6 is 15.6 Å². The van der Waals surface area contributed by atoms with Gasteiger partial charge in [-0.25, -0.2) is 9.13 Å². The van der Waals surface area contributed by atoms with E-state index in [9.17, 15) is 43.2 Å². The fourth-order valence-electron chi connectivity index (χ4n) is 11.5. The number of hydrogen-bond donors (Lipinski definition) is 3. The van der Waals surface area contributed by atoms with Crippen molar-refractivity contribution in [3.05, 3.63) is 97.2 Å². The molecule has 0 aliphatic rings. The second-order valence-electron chi connectivity index (χ2n) is 28.4. The third-order valence-corrected chi connectivity index (χ3v) is 19.9. The molecule has 0 rings (SSSR count). The third-order valence-electron chi connectivity index (χ3n) is 18.0. The molecule has 5 atom stereocenters. The first-order valence-electron chi connectivity index (χ1n) is 42.5. The van der Waals surface area contributed by atoms with Crippen molar-refractivity contribution in [1.29, 1.82) is 0 Å². The van der Waals surface area contributed by atoms with Gasteiger partial charge in [-0.05, 0) is 148 Å². The Balaban J connectivity index is 5.37. The van der Waals surface area contributed by atoms with E-state index in [2.05, 4.69) is 125 Å². The van der Waals surface area contributed by atoms with Crippen molar-refractivity contribution in [1.82, 2.24) is 0 Å². The topological polar surface area (TPSA) is 237 Å². The Labute approximate surface area is 646 Å². The van der Waals surface area contributed by atoms with Crippen molar-refractivity contribution in [2.24, 2.45) is 0 Å². The monoisotopic (exact) mass is 1530 g/mol. The second-order valence-corrected chi connectivity index (χ2v) is 31.3. The number of aliphatic hydroxyl groups excluding tert-OH is 1. The summed E-state index contributed by atoms with van der Waals surface area (Å²) in [5, 5.41) is 10.7. The van der Waals surface area contributed by atoms with Gasteiger partial charge in [-0.1, -0.05) is 298 Å². The van der Waals surface area contributed by atoms with Crippen molar-refractivity contribution in [2.75, 3.05) is 39.6 Å². The fourth-order valence-corrected chi connectivity index (χ4v) is 13.1. The smallest absolute Gasteiger partial charge is 0.462 e. The SMILES string of the molecule is CC/C=C\C/C=C\C/C=C\CCCCCCCCCC(=O)OCC(COP(=O)(O)OCC(O)COP(=O)(O)OCC(COC(=O)CCCCCCCC/C=C\C/C=C\C/C=C\CCCCC)OC(=O)CCCCCCC/C=C\CCCCCCCC)OC(=O)CCCCCCC/C=C\CCCCCCCC. The molecule has 0 radical (unpaired) electrons. The standard InChI is InChI=1S/C87H154O17P2/c1-5-9-13-17-21-25-29-33-37-39-40-42-46-48-52-56-60-64-68-72-85(90)98-78-83(104-87(92)74-70-66-62-58-54-50-44-36-32-28-24-20-16-12-8-4)80-102-106(95,96)100-76-81(88)75-99-105(93,94)101-79-82(103-86(91)73-69-65-61-57-53-49-43-35-31-27-23-19-15-11-7-3)77-97-84(89)71-67-63-59-55-51-47-45-41-38-34-30-26-22-18-14-10-6-2/h10,14,21-22,25-26,33-38,40,42-44,81-83,88H,5-9,11-13,15-20,23-24,27-32,39,41,45-80H2,1-4H3,(H,93,94)(H,95,96)/b14-10-,25-21-,26-22-,37-33-,38-34-,42-40-,43-35-,44-36-. The molecule has 0 spiro atoms. The van der Waals surface area contributed by atoms with Crippen LogP contribution in [0.3, 0.4) is 0 Å². The summed E-state index contributed by atoms with van der Waals surface area (Å²) in [4.78, 5) is 73.2. The maximum atomic E-state index is 13.1. The van der Waals surface area contributed by atoms with Gasteiger partial charge in [-0.15, -0.1) is 0 Å². The molecule has 17 nitrogen and oxygen atoms in total. The number of carbonyl (C=O) groups is 4. The third kappa shape index (κ3) is 78.1. The molecule has 0 aliphatic heterocycles. The summed E-state index contributed by atoms with van der Waals surface area (Å²) in [6.45, 7) is 4.75. The molecule has 614 valence electrons. The van der Waals surface area contributed by atoms with Gasteiger partial charge in [0.15, 0.2) is 12.2 Å². The summed E-state index contributed by atoms with van der Waals surface area (Å²) < 4.78 is 68.8. The van der Waals surface area contributed by atoms with Crippen LogP contribution in [0.5, 0.6) is 0 Å². The minimum absolute atomic E-state index is 0.0830. The van der Waals surface area contributed by atoms with Gasteiger partial charge in [0.05, 0.1) is 26.4 Å². The Bertz CT molecular complexity index is 2380. The molecular weight excluding hydrogens is 1380 g/mol. The van der Waals surface area contributed by atoms with Crippen LogP contribution < -0.4 is 0 Å². The van der Waals surface area contributed by atoms with E-state index in [4.69, 9.17) is 37.0 Å². The summed E-state index contributed by atoms with van der Waals surface area (Å²) in [6, 6.07) is 0. The largest absolute Gasteiger partial charge is 0.472 e. The van der Waals surface area contributed by atoms with E-state index in [0.29, 0.717) is 25.7 Å². The zero-order valence-electron chi connectivity index (χ0n) is 67.3. The zero-order chi connectivity index (χ0) is 77.4. The van der Waals surface area contributed by atoms with Gasteiger partial charge < -0.3 is 33.8 Å². The predicted molar refractivity (Wildman–Crippen MR) is 436 cm³/mol. The number of unbranched alkanes of at least 4 members (excludes halogenated alkanes) is 38. The summed E-state index contributed by atoms with van der Waals surface area (Å²) in [5.41, 5.74) is 0. The van der Waals surface area contributed by atoms with Crippen LogP contribution in [0.15, 0.2) is 97.2 Å². The number of allylic oxidation sites excluding steroid dienone is 16. The molecule has 3 N–H and O–H groups in total. The van der Waals surface area contributed by atoms with E-state index in [1.54, 1.807) is 0 Å². The molecule has 0 saturated heterocycles. The number of rotatable bonds is 80. The molecule has 0 aromatic heterocycles. The van der Waals surface area contributed by atoms with E-state index in [0.717, 1.165) is 199 Å². The van der Waals surface area contributed by atoms with Gasteiger partial charge in [0, 0.05) is 25.7 Å². The highest BCUT2D eigenvalue weighted by Gasteiger charge is 2.30. The lowest BCUT2D eigenvalue weighted by atomic mass is 10.1. The van der Waals surface area contributed by atoms with E-state index in [1.807, 2.05) is 0 Å². The lowest BCUT2D eigenvalue weighted by Crippen LogP contribution is -2.30. The molecule has 0 saturated carbocycles. The Morgan fingerprint density at radius 1 is 0.274 bits per heavy atom. The average molecular weight is 1530 g/mol. The molecule has 0 aliphatic carbocycles. The van der Waals surface area contributed by atoms with E-state index < -0.39 is 97.5 Å². The second kappa shape index (κ2) is 79.1. The summed E-state index contributed by atoms with van der Waals surface area (Å²) in [6.07, 6.45) is 85.0. The Morgan fingerprint density at radius 2 is 0.491 bits per heavy atom. The number of hydrogen-bond acceptors (Lipinski definition) is 15. The first kappa shape index (κ1) is 102. The minimum Gasteiger partial charge on any atom is -0.462 e. The molecule has 0 aromatic carbocycles. The van der Waals surface area contributed by atoms with Gasteiger partial charge in [-0.3, -0.25) is 37.3 Å². The molecule has 5 unspecified atom stereocenters. The van der Waals surface area contributed by atoms with E-state index in [1.165, 1.54) is 96.3 Å². The Morgan fingerprint density at radius 3 is 0.783 bits per heavy atom. The number of phosphoric acid groups is 2. The van der Waals surface area contributed by atoms with Gasteiger partial charge in [-0.2, -0.15) is 0 Å². The first-order chi connectivity index (χ1) is 51.7. The van der Waals surface area contributed by atoms with Crippen LogP contribution in [0.4, 0.5) is 0 Å². The normalized spacial score (nSPS) is 14.3. The lowest BCUT2D eigenvalue weighted by molar-refractivity contribution is -0.161. The van der Waals surface area contributed by atoms with Crippen molar-refractivity contribution < 1.29 is 80.2 Å². The number of carbonyl (C=O) groups excluding carboxylic acids is 4. The van der Waals surface area contributed by atoms with Crippen molar-refractivity contribution in [3.63, 3.8) is 0 Å². The molecule has 0 amide bonds. The maximum absolute atomic E-state index is 13.1. The zero-order valence-corrected chi connectivity index (χ0v) is 69.1. The van der Waals surface area contributed by atoms with Crippen molar-refractivity contribution >= 4 is 39.5 Å². The highest BCUT2D eigenvalue weighted by Crippen LogP contribution is 2.45. The number of esters is 4. The molecule has 0 aromatic rings. The first-order valence-corrected chi connectivity index (χ1v) is 45.5. The highest BCUT2D eigenvalue weighted by molar-refractivity contribution is 7.47. The van der Waals surface area contributed by atoms with E-state index in [-0.39, 0.29) is 25.7 Å². The van der Waals surface area contributed by atoms with Crippen LogP contribution in [-0.2, 0) is 65.4 Å². The summed E-state index contributed by atoms with van der Waals surface area (Å²) >= 11 is 0. The maximum Gasteiger partial charge on any atom is 0.472 e. The number of ether oxygens (including phenoxy) is 4. The highest BCUT2D eigenvalue weighted by atomic mass is 31.2. The Hall–Kier alpha value is -4.02. The van der Waals surface area contributed by atoms with Crippen LogP contribution in [0.1, 0.15) is 374 Å². The number of phosphoric ester groups is 2. The van der Waals surface area contributed by atoms with Crippen LogP contribution in [0.2, 0.25) is 0 Å². The van der Waals surface area contributed by atoms with Crippen molar-refractivity contribution in [2.45, 2.75) is 393 Å². The van der Waals surface area contributed by atoms with Gasteiger partial charge in [0.1, 0.15) is 19.3 Å². The molecule has 0 fully saturated rings.